The van der Waals surface area contributed by atoms with Gasteiger partial charge in [0.1, 0.15) is 11.7 Å². The maximum absolute atomic E-state index is 10.4. The molecule has 10 heavy (non-hydrogen) atoms. The quantitative estimate of drug-likeness (QED) is 0.559. The van der Waals surface area contributed by atoms with Crippen molar-refractivity contribution in [2.24, 2.45) is 0 Å². The average Bonchev–Trinajstić information content (AvgIpc) is 2.34. The lowest BCUT2D eigenvalue weighted by Gasteiger charge is -1.90. The lowest BCUT2D eigenvalue weighted by atomic mass is 10.2. The van der Waals surface area contributed by atoms with Crippen molar-refractivity contribution < 1.29 is 0 Å². The summed E-state index contributed by atoms with van der Waals surface area (Å²) >= 11 is 0. The molecule has 2 N–H and O–H groups in total. The van der Waals surface area contributed by atoms with E-state index in [0.717, 1.165) is 0 Å². The third kappa shape index (κ3) is 1.05. The monoisotopic (exact) mass is 138 g/mol. The highest BCUT2D eigenvalue weighted by molar-refractivity contribution is 5.02. The molecule has 0 aromatic carbocycles. The van der Waals surface area contributed by atoms with Crippen LogP contribution in [0.1, 0.15) is 18.7 Å². The zero-order valence-corrected chi connectivity index (χ0v) is 5.38. The van der Waals surface area contributed by atoms with Crippen LogP contribution in [0.2, 0.25) is 0 Å². The van der Waals surface area contributed by atoms with Gasteiger partial charge in [-0.1, -0.05) is 0 Å². The Kier molecular flexibility index (Phi) is 1.54. The van der Waals surface area contributed by atoms with Gasteiger partial charge in [-0.25, -0.2) is 9.89 Å². The Bertz CT molecular complexity index is 304. The minimum atomic E-state index is -0.378. The number of rotatable bonds is 1. The molecule has 0 aliphatic carbocycles. The first-order valence-electron chi connectivity index (χ1n) is 2.78. The molecule has 0 spiro atoms. The summed E-state index contributed by atoms with van der Waals surface area (Å²) in [5.74, 6) is 0.0199. The second-order valence-corrected chi connectivity index (χ2v) is 1.91. The predicted octanol–water partition coefficient (Wildman–Crippen LogP) is -0.275. The van der Waals surface area contributed by atoms with Crippen LogP contribution in [-0.2, 0) is 0 Å². The summed E-state index contributed by atoms with van der Waals surface area (Å²) in [5, 5.41) is 14.1. The Morgan fingerprint density at radius 2 is 2.50 bits per heavy atom. The van der Waals surface area contributed by atoms with Crippen molar-refractivity contribution in [2.75, 3.05) is 0 Å². The molecule has 1 aromatic heterocycles. The fourth-order valence-corrected chi connectivity index (χ4v) is 0.549. The minimum absolute atomic E-state index is 0.362. The smallest absolute Gasteiger partial charge is 0.292 e. The number of nitriles is 1. The molecule has 5 heteroatoms. The zero-order valence-electron chi connectivity index (χ0n) is 5.38. The van der Waals surface area contributed by atoms with Crippen LogP contribution in [0.3, 0.4) is 0 Å². The topological polar surface area (TPSA) is 85.3 Å². The van der Waals surface area contributed by atoms with Gasteiger partial charge in [0, 0.05) is 0 Å². The van der Waals surface area contributed by atoms with Crippen molar-refractivity contribution in [1.29, 1.82) is 5.26 Å². The summed E-state index contributed by atoms with van der Waals surface area (Å²) in [6, 6.07) is 1.94. The average molecular weight is 138 g/mol. The lowest BCUT2D eigenvalue weighted by molar-refractivity contribution is 0.861. The van der Waals surface area contributed by atoms with Crippen LogP contribution in [0, 0.1) is 11.3 Å². The van der Waals surface area contributed by atoms with E-state index < -0.39 is 0 Å². The van der Waals surface area contributed by atoms with E-state index in [0.29, 0.717) is 5.82 Å². The van der Waals surface area contributed by atoms with E-state index in [1.165, 1.54) is 0 Å². The normalized spacial score (nSPS) is 12.4. The number of hydrogen-bond acceptors (Lipinski definition) is 3. The molecule has 0 aliphatic rings. The third-order valence-electron chi connectivity index (χ3n) is 1.12. The van der Waals surface area contributed by atoms with E-state index in [9.17, 15) is 4.79 Å². The highest BCUT2D eigenvalue weighted by atomic mass is 16.1. The van der Waals surface area contributed by atoms with E-state index in [2.05, 4.69) is 15.2 Å². The van der Waals surface area contributed by atoms with E-state index in [1.807, 2.05) is 6.07 Å². The summed E-state index contributed by atoms with van der Waals surface area (Å²) in [6.07, 6.45) is 0. The van der Waals surface area contributed by atoms with Gasteiger partial charge in [0.2, 0.25) is 0 Å². The Morgan fingerprint density at radius 3 is 2.90 bits per heavy atom. The number of aromatic nitrogens is 3. The highest BCUT2D eigenvalue weighted by Gasteiger charge is 2.06. The third-order valence-corrected chi connectivity index (χ3v) is 1.12. The van der Waals surface area contributed by atoms with Crippen LogP contribution in [0.5, 0.6) is 0 Å². The molecule has 0 saturated carbocycles. The van der Waals surface area contributed by atoms with Gasteiger partial charge in [0.25, 0.3) is 0 Å². The molecule has 0 aliphatic heterocycles. The van der Waals surface area contributed by atoms with Crippen molar-refractivity contribution in [3.8, 4) is 6.07 Å². The van der Waals surface area contributed by atoms with Gasteiger partial charge in [0.05, 0.1) is 6.07 Å². The molecular formula is C5H6N4O. The number of nitrogens with zero attached hydrogens (tertiary/aromatic N) is 2. The molecule has 1 unspecified atom stereocenters. The van der Waals surface area contributed by atoms with E-state index in [-0.39, 0.29) is 11.6 Å². The van der Waals surface area contributed by atoms with E-state index >= 15 is 0 Å². The van der Waals surface area contributed by atoms with Crippen molar-refractivity contribution in [2.45, 2.75) is 12.8 Å². The zero-order chi connectivity index (χ0) is 7.56. The molecule has 0 amide bonds. The molecule has 1 atom stereocenters. The fourth-order valence-electron chi connectivity index (χ4n) is 0.549. The SMILES string of the molecule is CC(C#N)c1n[nH]c(=O)[nH]1. The van der Waals surface area contributed by atoms with Gasteiger partial charge < -0.3 is 0 Å². The summed E-state index contributed by atoms with van der Waals surface area (Å²) in [4.78, 5) is 12.8. The van der Waals surface area contributed by atoms with Gasteiger partial charge in [-0.2, -0.15) is 10.4 Å². The Labute approximate surface area is 56.7 Å². The van der Waals surface area contributed by atoms with Crippen LogP contribution < -0.4 is 5.69 Å². The molecule has 0 saturated heterocycles. The maximum atomic E-state index is 10.4. The van der Waals surface area contributed by atoms with Gasteiger partial charge in [0.15, 0.2) is 0 Å². The molecule has 1 rings (SSSR count). The minimum Gasteiger partial charge on any atom is -0.292 e. The predicted molar refractivity (Wildman–Crippen MR) is 33.2 cm³/mol. The molecule has 5 nitrogen and oxygen atoms in total. The van der Waals surface area contributed by atoms with Crippen molar-refractivity contribution >= 4 is 0 Å². The van der Waals surface area contributed by atoms with Crippen LogP contribution in [0.15, 0.2) is 4.79 Å². The van der Waals surface area contributed by atoms with Gasteiger partial charge in [-0.05, 0) is 6.92 Å². The summed E-state index contributed by atoms with van der Waals surface area (Å²) in [7, 11) is 0. The van der Waals surface area contributed by atoms with Crippen LogP contribution >= 0.6 is 0 Å². The van der Waals surface area contributed by atoms with Crippen molar-refractivity contribution in [3.05, 3.63) is 16.3 Å². The Morgan fingerprint density at radius 1 is 1.80 bits per heavy atom. The number of hydrogen-bond donors (Lipinski definition) is 2. The largest absolute Gasteiger partial charge is 0.340 e. The Balaban J connectivity index is 2.98. The maximum Gasteiger partial charge on any atom is 0.340 e. The van der Waals surface area contributed by atoms with E-state index in [4.69, 9.17) is 5.26 Å². The van der Waals surface area contributed by atoms with E-state index in [1.54, 1.807) is 6.92 Å². The highest BCUT2D eigenvalue weighted by Crippen LogP contribution is 2.03. The number of nitrogens with one attached hydrogen (secondary N) is 2. The molecule has 0 radical (unpaired) electrons. The fraction of sp³-hybridized carbons (Fsp3) is 0.400. The summed E-state index contributed by atoms with van der Waals surface area (Å²) in [5.41, 5.74) is -0.378. The molecule has 1 heterocycles. The summed E-state index contributed by atoms with van der Waals surface area (Å²) < 4.78 is 0. The second kappa shape index (κ2) is 2.35. The molecule has 52 valence electrons. The number of aromatic amines is 2. The molecular weight excluding hydrogens is 132 g/mol. The molecule has 1 aromatic rings. The molecule has 0 bridgehead atoms. The van der Waals surface area contributed by atoms with Crippen molar-refractivity contribution in [1.82, 2.24) is 15.2 Å². The van der Waals surface area contributed by atoms with Crippen molar-refractivity contribution in [3.63, 3.8) is 0 Å². The lowest BCUT2D eigenvalue weighted by Crippen LogP contribution is -2.01. The first-order valence-corrected chi connectivity index (χ1v) is 2.78. The number of H-pyrrole nitrogens is 2. The van der Waals surface area contributed by atoms with Gasteiger partial charge in [-0.3, -0.25) is 4.98 Å². The first-order chi connectivity index (χ1) is 4.74. The van der Waals surface area contributed by atoms with Crippen LogP contribution in [0.4, 0.5) is 0 Å². The first kappa shape index (κ1) is 6.55. The van der Waals surface area contributed by atoms with Gasteiger partial charge >= 0.3 is 5.69 Å². The van der Waals surface area contributed by atoms with Crippen LogP contribution in [0.25, 0.3) is 0 Å². The van der Waals surface area contributed by atoms with Crippen LogP contribution in [-0.4, -0.2) is 15.2 Å². The standard InChI is InChI=1S/C5H6N4O/c1-3(2-6)4-7-5(10)9-8-4/h3H,1H3,(H2,7,8,9,10). The van der Waals surface area contributed by atoms with Gasteiger partial charge in [-0.15, -0.1) is 0 Å². The second-order valence-electron chi connectivity index (χ2n) is 1.91. The Hall–Kier alpha value is -1.57. The summed E-state index contributed by atoms with van der Waals surface area (Å²) in [6.45, 7) is 1.66. The molecule has 0 fully saturated rings.